The van der Waals surface area contributed by atoms with Crippen molar-refractivity contribution in [1.29, 1.82) is 0 Å². The van der Waals surface area contributed by atoms with Gasteiger partial charge in [0.1, 0.15) is 17.2 Å². The van der Waals surface area contributed by atoms with E-state index >= 15 is 0 Å². The van der Waals surface area contributed by atoms with Crippen molar-refractivity contribution in [2.24, 2.45) is 0 Å². The molecule has 0 radical (unpaired) electrons. The monoisotopic (exact) mass is 343 g/mol. The fourth-order valence-electron chi connectivity index (χ4n) is 2.21. The number of ether oxygens (including phenoxy) is 2. The number of pyridine rings is 1. The van der Waals surface area contributed by atoms with Crippen LogP contribution < -0.4 is 9.47 Å². The first-order chi connectivity index (χ1) is 11.7. The van der Waals surface area contributed by atoms with E-state index in [1.807, 2.05) is 36.5 Å². The molecule has 3 rings (SSSR count). The van der Waals surface area contributed by atoms with Crippen molar-refractivity contribution in [3.63, 3.8) is 0 Å². The Hall–Kier alpha value is -2.61. The Kier molecular flexibility index (Phi) is 4.95. The maximum atomic E-state index is 5.42. The van der Waals surface area contributed by atoms with Gasteiger partial charge in [0, 0.05) is 23.7 Å². The predicted octanol–water partition coefficient (Wildman–Crippen LogP) is 2.93. The molecule has 1 aromatic carbocycles. The Morgan fingerprint density at radius 1 is 1.17 bits per heavy atom. The average Bonchev–Trinajstić information content (AvgIpc) is 3.09. The molecule has 3 aromatic rings. The number of tetrazole rings is 1. The van der Waals surface area contributed by atoms with Crippen LogP contribution in [-0.4, -0.2) is 39.4 Å². The lowest BCUT2D eigenvalue weighted by molar-refractivity contribution is 0.399. The van der Waals surface area contributed by atoms with Gasteiger partial charge in [0.15, 0.2) is 0 Å². The van der Waals surface area contributed by atoms with Gasteiger partial charge in [0.25, 0.3) is 0 Å². The second-order valence-electron chi connectivity index (χ2n) is 4.96. The minimum Gasteiger partial charge on any atom is -0.497 e. The zero-order valence-corrected chi connectivity index (χ0v) is 14.4. The highest BCUT2D eigenvalue weighted by atomic mass is 32.2. The summed E-state index contributed by atoms with van der Waals surface area (Å²) in [6, 6.07) is 9.45. The molecule has 0 spiro atoms. The van der Waals surface area contributed by atoms with Gasteiger partial charge >= 0.3 is 0 Å². The van der Waals surface area contributed by atoms with Crippen LogP contribution in [0.15, 0.2) is 47.9 Å². The Labute approximate surface area is 144 Å². The van der Waals surface area contributed by atoms with E-state index in [2.05, 4.69) is 27.4 Å². The third kappa shape index (κ3) is 3.33. The number of thioether (sulfide) groups is 1. The highest BCUT2D eigenvalue weighted by Crippen LogP contribution is 2.35. The molecule has 0 unspecified atom stereocenters. The third-order valence-corrected chi connectivity index (χ3v) is 4.58. The number of hydrogen-bond acceptors (Lipinski definition) is 7. The highest BCUT2D eigenvalue weighted by Gasteiger charge is 2.18. The summed E-state index contributed by atoms with van der Waals surface area (Å²) in [5.41, 5.74) is 1.83. The number of hydrogen-bond donors (Lipinski definition) is 0. The van der Waals surface area contributed by atoms with Crippen molar-refractivity contribution in [2.75, 3.05) is 14.2 Å². The van der Waals surface area contributed by atoms with Crippen molar-refractivity contribution in [3.05, 3.63) is 48.3 Å². The van der Waals surface area contributed by atoms with E-state index in [1.54, 1.807) is 36.9 Å². The molecule has 24 heavy (non-hydrogen) atoms. The Balaban J connectivity index is 1.93. The molecule has 8 heteroatoms. The Morgan fingerprint density at radius 3 is 2.75 bits per heavy atom. The summed E-state index contributed by atoms with van der Waals surface area (Å²) >= 11 is 1.55. The van der Waals surface area contributed by atoms with Crippen LogP contribution in [0.25, 0.3) is 5.69 Å². The van der Waals surface area contributed by atoms with E-state index < -0.39 is 0 Å². The van der Waals surface area contributed by atoms with E-state index in [1.165, 1.54) is 0 Å². The van der Waals surface area contributed by atoms with Gasteiger partial charge in [0.05, 0.1) is 14.2 Å². The summed E-state index contributed by atoms with van der Waals surface area (Å²) in [4.78, 5) is 4.16. The lowest BCUT2D eigenvalue weighted by Gasteiger charge is -2.13. The maximum absolute atomic E-state index is 5.42. The minimum absolute atomic E-state index is 0.153. The van der Waals surface area contributed by atoms with Crippen LogP contribution in [0.1, 0.15) is 17.7 Å². The van der Waals surface area contributed by atoms with E-state index in [4.69, 9.17) is 9.47 Å². The molecule has 0 amide bonds. The molecule has 1 atom stereocenters. The highest BCUT2D eigenvalue weighted by molar-refractivity contribution is 7.99. The Morgan fingerprint density at radius 2 is 2.04 bits per heavy atom. The van der Waals surface area contributed by atoms with Crippen LogP contribution in [0.4, 0.5) is 0 Å². The quantitative estimate of drug-likeness (QED) is 0.637. The summed E-state index contributed by atoms with van der Waals surface area (Å²) in [6.07, 6.45) is 3.60. The molecule has 0 saturated carbocycles. The topological polar surface area (TPSA) is 75.0 Å². The van der Waals surface area contributed by atoms with Crippen LogP contribution >= 0.6 is 11.8 Å². The van der Waals surface area contributed by atoms with Gasteiger partial charge in [-0.25, -0.2) is 0 Å². The third-order valence-electron chi connectivity index (χ3n) is 3.49. The number of nitrogens with zero attached hydrogens (tertiary/aromatic N) is 5. The summed E-state index contributed by atoms with van der Waals surface area (Å²) in [5, 5.41) is 12.9. The van der Waals surface area contributed by atoms with Gasteiger partial charge in [-0.3, -0.25) is 4.98 Å². The molecule has 0 aliphatic heterocycles. The smallest absolute Gasteiger partial charge is 0.214 e. The molecule has 2 aromatic heterocycles. The van der Waals surface area contributed by atoms with E-state index in [0.29, 0.717) is 16.7 Å². The molecule has 124 valence electrons. The van der Waals surface area contributed by atoms with E-state index in [9.17, 15) is 0 Å². The van der Waals surface area contributed by atoms with Gasteiger partial charge < -0.3 is 9.47 Å². The van der Waals surface area contributed by atoms with E-state index in [-0.39, 0.29) is 5.25 Å². The number of methoxy groups -OCH3 is 2. The molecule has 7 nitrogen and oxygen atoms in total. The standard InChI is InChI=1S/C16H17N5O2S/c1-11(12-5-4-8-17-10-12)24-16-18-19-20-21(16)14-9-13(22-2)6-7-15(14)23-3/h4-11H,1-3H3/t11-/m1/s1. The minimum atomic E-state index is 0.153. The van der Waals surface area contributed by atoms with Crippen molar-refractivity contribution >= 4 is 11.8 Å². The van der Waals surface area contributed by atoms with Crippen LogP contribution in [-0.2, 0) is 0 Å². The lowest BCUT2D eigenvalue weighted by Crippen LogP contribution is -2.03. The summed E-state index contributed by atoms with van der Waals surface area (Å²) in [5.74, 6) is 1.37. The number of aromatic nitrogens is 5. The van der Waals surface area contributed by atoms with Crippen LogP contribution in [0.2, 0.25) is 0 Å². The molecule has 0 N–H and O–H groups in total. The van der Waals surface area contributed by atoms with E-state index in [0.717, 1.165) is 11.3 Å². The number of benzene rings is 1. The first kappa shape index (κ1) is 16.3. The maximum Gasteiger partial charge on any atom is 0.214 e. The fourth-order valence-corrected chi connectivity index (χ4v) is 3.12. The van der Waals surface area contributed by atoms with Crippen LogP contribution in [0.3, 0.4) is 0 Å². The van der Waals surface area contributed by atoms with Crippen LogP contribution in [0.5, 0.6) is 11.5 Å². The zero-order chi connectivity index (χ0) is 16.9. The predicted molar refractivity (Wildman–Crippen MR) is 90.8 cm³/mol. The lowest BCUT2D eigenvalue weighted by atomic mass is 10.2. The molecule has 0 saturated heterocycles. The molecular formula is C16H17N5O2S. The zero-order valence-electron chi connectivity index (χ0n) is 13.6. The van der Waals surface area contributed by atoms with Gasteiger partial charge in [-0.15, -0.1) is 5.10 Å². The summed E-state index contributed by atoms with van der Waals surface area (Å²) in [6.45, 7) is 2.09. The normalized spacial score (nSPS) is 12.0. The largest absolute Gasteiger partial charge is 0.497 e. The molecule has 0 aliphatic carbocycles. The van der Waals surface area contributed by atoms with Gasteiger partial charge in [-0.1, -0.05) is 17.8 Å². The first-order valence-electron chi connectivity index (χ1n) is 7.30. The van der Waals surface area contributed by atoms with Crippen LogP contribution in [0, 0.1) is 0 Å². The van der Waals surface area contributed by atoms with Crippen molar-refractivity contribution < 1.29 is 9.47 Å². The first-order valence-corrected chi connectivity index (χ1v) is 8.18. The fraction of sp³-hybridized carbons (Fsp3) is 0.250. The SMILES string of the molecule is COc1ccc(OC)c(-n2nnnc2S[C@H](C)c2cccnc2)c1. The van der Waals surface area contributed by atoms with Crippen molar-refractivity contribution in [1.82, 2.24) is 25.2 Å². The summed E-state index contributed by atoms with van der Waals surface area (Å²) < 4.78 is 12.4. The van der Waals surface area contributed by atoms with Gasteiger partial charge in [0.2, 0.25) is 5.16 Å². The average molecular weight is 343 g/mol. The number of rotatable bonds is 6. The van der Waals surface area contributed by atoms with Crippen molar-refractivity contribution in [3.8, 4) is 17.2 Å². The molecule has 0 fully saturated rings. The van der Waals surface area contributed by atoms with Gasteiger partial charge in [-0.05, 0) is 41.1 Å². The molecule has 0 bridgehead atoms. The second-order valence-corrected chi connectivity index (χ2v) is 6.27. The molecule has 2 heterocycles. The van der Waals surface area contributed by atoms with Crippen molar-refractivity contribution in [2.45, 2.75) is 17.3 Å². The van der Waals surface area contributed by atoms with Gasteiger partial charge in [-0.2, -0.15) is 4.68 Å². The summed E-state index contributed by atoms with van der Waals surface area (Å²) in [7, 11) is 3.23. The second kappa shape index (κ2) is 7.31. The Bertz CT molecular complexity index is 809. The molecular weight excluding hydrogens is 326 g/mol. The molecule has 0 aliphatic rings.